The molecule has 0 fully saturated rings. The van der Waals surface area contributed by atoms with E-state index in [2.05, 4.69) is 135 Å². The molecule has 9 nitrogen and oxygen atoms in total. The highest BCUT2D eigenvalue weighted by Crippen LogP contribution is 2.38. The largest absolute Gasteiger partial charge is 0.756 e. The van der Waals surface area contributed by atoms with Crippen molar-refractivity contribution in [2.45, 2.75) is 251 Å². The van der Waals surface area contributed by atoms with Gasteiger partial charge in [0.25, 0.3) is 7.82 Å². The molecule has 0 aliphatic rings. The number of carbonyl (C=O) groups excluding carboxylic acids is 2. The predicted molar refractivity (Wildman–Crippen MR) is 332 cm³/mol. The lowest BCUT2D eigenvalue weighted by Crippen LogP contribution is -2.37. The van der Waals surface area contributed by atoms with Crippen molar-refractivity contribution in [3.8, 4) is 0 Å². The lowest BCUT2D eigenvalue weighted by molar-refractivity contribution is -0.870. The molecule has 0 spiro atoms. The number of quaternary nitrogens is 1. The minimum absolute atomic E-state index is 0.0418. The molecule has 0 radical (unpaired) electrons. The van der Waals surface area contributed by atoms with Gasteiger partial charge in [-0.15, -0.1) is 0 Å². The van der Waals surface area contributed by atoms with E-state index in [4.69, 9.17) is 18.5 Å². The van der Waals surface area contributed by atoms with Crippen molar-refractivity contribution >= 4 is 19.8 Å². The number of ether oxygens (including phenoxy) is 2. The molecule has 10 heteroatoms. The molecule has 0 saturated heterocycles. The molecule has 78 heavy (non-hydrogen) atoms. The first-order chi connectivity index (χ1) is 38.0. The van der Waals surface area contributed by atoms with Crippen LogP contribution in [0.4, 0.5) is 0 Å². The van der Waals surface area contributed by atoms with E-state index in [1.54, 1.807) is 0 Å². The van der Waals surface area contributed by atoms with Crippen LogP contribution in [0.5, 0.6) is 0 Å². The zero-order chi connectivity index (χ0) is 57.0. The predicted octanol–water partition coefficient (Wildman–Crippen LogP) is 19.3. The van der Waals surface area contributed by atoms with Gasteiger partial charge in [0.15, 0.2) is 6.10 Å². The Morgan fingerprint density at radius 1 is 0.410 bits per heavy atom. The van der Waals surface area contributed by atoms with Crippen molar-refractivity contribution in [2.24, 2.45) is 0 Å². The molecule has 0 aliphatic heterocycles. The lowest BCUT2D eigenvalue weighted by atomic mass is 10.0. The molecule has 0 bridgehead atoms. The van der Waals surface area contributed by atoms with Crippen LogP contribution in [-0.4, -0.2) is 70.0 Å². The monoisotopic (exact) mass is 1110 g/mol. The first-order valence-corrected chi connectivity index (χ1v) is 32.7. The van der Waals surface area contributed by atoms with E-state index in [1.165, 1.54) is 96.3 Å². The van der Waals surface area contributed by atoms with Crippen molar-refractivity contribution in [1.82, 2.24) is 0 Å². The van der Waals surface area contributed by atoms with Crippen LogP contribution in [0.1, 0.15) is 245 Å². The minimum Gasteiger partial charge on any atom is -0.756 e. The van der Waals surface area contributed by atoms with Crippen molar-refractivity contribution < 1.29 is 42.1 Å². The average molecular weight is 1110 g/mol. The summed E-state index contributed by atoms with van der Waals surface area (Å²) < 4.78 is 34.2. The fraction of sp³-hybridized carbons (Fsp3) is 0.676. The number of hydrogen-bond acceptors (Lipinski definition) is 8. The summed E-state index contributed by atoms with van der Waals surface area (Å²) >= 11 is 0. The maximum absolute atomic E-state index is 12.8. The molecular weight excluding hydrogens is 990 g/mol. The second kappa shape index (κ2) is 58.1. The summed E-state index contributed by atoms with van der Waals surface area (Å²) in [5.41, 5.74) is 0. The molecular formula is C68H116NO8P. The number of rotatable bonds is 56. The normalized spacial score (nSPS) is 14.1. The van der Waals surface area contributed by atoms with Gasteiger partial charge in [0.1, 0.15) is 19.8 Å². The van der Waals surface area contributed by atoms with Gasteiger partial charge < -0.3 is 27.9 Å². The number of allylic oxidation sites excluding steroid dienone is 20. The SMILES string of the molecule is CC/C=C\C/C=C\C/C=C\C/C=C\C/C=C\C/C=C\C/C=C\CCCCCCCC(=O)OC(COC(=O)CCCCCCCCCCCCCC/C=C\C/C=C\C/C=C\CCCCCCC)COP(=O)([O-])OCC[N+](C)(C)C. The standard InChI is InChI=1S/C68H116NO8P/c1-6-8-10-12-14-16-18-20-22-24-26-28-30-32-34-36-38-40-42-44-46-48-50-52-54-56-58-60-67(70)74-64-66(65-76-78(72,73)75-63-62-69(3,4)5)77-68(71)61-59-57-55-53-51-49-47-45-43-41-39-37-35-33-31-29-27-25-23-21-19-17-15-13-11-9-7-2/h9,11,15,17-18,20-21,23-24,26-27,29-30,32-33,35,39,41,45,47,66H,6-8,10,12-14,16,19,22,25,28,31,34,36-38,40,42-44,46,48-65H2,1-5H3/b11-9-,17-15-,20-18-,23-21-,26-24-,29-27-,32-30-,35-33-,41-39-,47-45-. The van der Waals surface area contributed by atoms with Crippen molar-refractivity contribution in [2.75, 3.05) is 47.5 Å². The van der Waals surface area contributed by atoms with Gasteiger partial charge in [-0.1, -0.05) is 245 Å². The topological polar surface area (TPSA) is 111 Å². The van der Waals surface area contributed by atoms with Crippen LogP contribution >= 0.6 is 7.82 Å². The number of phosphoric ester groups is 1. The number of nitrogens with zero attached hydrogens (tertiary/aromatic N) is 1. The van der Waals surface area contributed by atoms with Gasteiger partial charge in [-0.05, 0) is 109 Å². The fourth-order valence-electron chi connectivity index (χ4n) is 8.17. The second-order valence-corrected chi connectivity index (χ2v) is 23.1. The first kappa shape index (κ1) is 74.4. The Bertz CT molecular complexity index is 1730. The van der Waals surface area contributed by atoms with Crippen LogP contribution in [0.25, 0.3) is 0 Å². The van der Waals surface area contributed by atoms with Gasteiger partial charge in [-0.25, -0.2) is 0 Å². The molecule has 0 aromatic heterocycles. The third-order valence-corrected chi connectivity index (χ3v) is 13.9. The van der Waals surface area contributed by atoms with Crippen molar-refractivity contribution in [3.63, 3.8) is 0 Å². The summed E-state index contributed by atoms with van der Waals surface area (Å²) in [6.45, 7) is 4.09. The highest BCUT2D eigenvalue weighted by atomic mass is 31.2. The van der Waals surface area contributed by atoms with Crippen LogP contribution in [0.3, 0.4) is 0 Å². The zero-order valence-corrected chi connectivity index (χ0v) is 51.5. The maximum Gasteiger partial charge on any atom is 0.306 e. The second-order valence-electron chi connectivity index (χ2n) is 21.7. The van der Waals surface area contributed by atoms with Crippen LogP contribution in [0, 0.1) is 0 Å². The van der Waals surface area contributed by atoms with Crippen molar-refractivity contribution in [3.05, 3.63) is 122 Å². The smallest absolute Gasteiger partial charge is 0.306 e. The molecule has 0 heterocycles. The summed E-state index contributed by atoms with van der Waals surface area (Å²) in [5.74, 6) is -0.863. The van der Waals surface area contributed by atoms with Gasteiger partial charge in [0, 0.05) is 12.8 Å². The maximum atomic E-state index is 12.8. The fourth-order valence-corrected chi connectivity index (χ4v) is 8.90. The molecule has 0 saturated carbocycles. The Hall–Kier alpha value is -3.59. The summed E-state index contributed by atoms with van der Waals surface area (Å²) in [7, 11) is 1.14. The van der Waals surface area contributed by atoms with Crippen LogP contribution in [-0.2, 0) is 32.7 Å². The van der Waals surface area contributed by atoms with E-state index in [1.807, 2.05) is 21.1 Å². The summed E-state index contributed by atoms with van der Waals surface area (Å²) in [6.07, 6.45) is 82.5. The molecule has 2 atom stereocenters. The summed E-state index contributed by atoms with van der Waals surface area (Å²) in [6, 6.07) is 0. The summed E-state index contributed by atoms with van der Waals surface area (Å²) in [5, 5.41) is 0. The highest BCUT2D eigenvalue weighted by Gasteiger charge is 2.22. The molecule has 0 amide bonds. The summed E-state index contributed by atoms with van der Waals surface area (Å²) in [4.78, 5) is 38.0. The van der Waals surface area contributed by atoms with E-state index in [9.17, 15) is 19.0 Å². The van der Waals surface area contributed by atoms with Crippen molar-refractivity contribution in [1.29, 1.82) is 0 Å². The molecule has 0 N–H and O–H groups in total. The molecule has 2 unspecified atom stereocenters. The van der Waals surface area contributed by atoms with E-state index >= 15 is 0 Å². The van der Waals surface area contributed by atoms with E-state index in [0.29, 0.717) is 17.4 Å². The number of hydrogen-bond donors (Lipinski definition) is 0. The van der Waals surface area contributed by atoms with Gasteiger partial charge in [-0.3, -0.25) is 14.2 Å². The van der Waals surface area contributed by atoms with Gasteiger partial charge in [0.05, 0.1) is 27.7 Å². The Balaban J connectivity index is 4.21. The van der Waals surface area contributed by atoms with Crippen LogP contribution < -0.4 is 4.89 Å². The average Bonchev–Trinajstić information content (AvgIpc) is 3.41. The Kier molecular flexibility index (Phi) is 55.4. The number of likely N-dealkylation sites (N-methyl/N-ethyl adjacent to an activating group) is 1. The third-order valence-electron chi connectivity index (χ3n) is 13.0. The minimum atomic E-state index is -4.65. The molecule has 0 aliphatic carbocycles. The van der Waals surface area contributed by atoms with Gasteiger partial charge in [-0.2, -0.15) is 0 Å². The van der Waals surface area contributed by atoms with Crippen LogP contribution in [0.2, 0.25) is 0 Å². The number of phosphoric acid groups is 1. The Labute approximate surface area is 479 Å². The lowest BCUT2D eigenvalue weighted by Gasteiger charge is -2.28. The number of unbranched alkanes of at least 4 members (excludes halogenated alkanes) is 22. The zero-order valence-electron chi connectivity index (χ0n) is 50.6. The van der Waals surface area contributed by atoms with E-state index in [-0.39, 0.29) is 26.1 Å². The third kappa shape index (κ3) is 61.6. The number of esters is 2. The molecule has 0 aromatic rings. The first-order valence-electron chi connectivity index (χ1n) is 31.2. The Morgan fingerprint density at radius 2 is 0.731 bits per heavy atom. The molecule has 446 valence electrons. The number of carbonyl (C=O) groups is 2. The van der Waals surface area contributed by atoms with Gasteiger partial charge >= 0.3 is 11.9 Å². The Morgan fingerprint density at radius 3 is 1.09 bits per heavy atom. The van der Waals surface area contributed by atoms with Gasteiger partial charge in [0.2, 0.25) is 0 Å². The molecule has 0 rings (SSSR count). The van der Waals surface area contributed by atoms with Crippen LogP contribution in [0.15, 0.2) is 122 Å². The van der Waals surface area contributed by atoms with E-state index < -0.39 is 32.5 Å². The quantitative estimate of drug-likeness (QED) is 0.0195. The highest BCUT2D eigenvalue weighted by molar-refractivity contribution is 7.45. The van der Waals surface area contributed by atoms with E-state index in [0.717, 1.165) is 116 Å². The molecule has 0 aromatic carbocycles.